The lowest BCUT2D eigenvalue weighted by Crippen LogP contribution is -2.44. The minimum absolute atomic E-state index is 0. The number of anilines is 2. The second kappa shape index (κ2) is 8.85. The molecule has 1 unspecified atom stereocenters. The summed E-state index contributed by atoms with van der Waals surface area (Å²) in [6, 6.07) is 2.92. The predicted octanol–water partition coefficient (Wildman–Crippen LogP) is 2.12. The van der Waals surface area contributed by atoms with Crippen molar-refractivity contribution >= 4 is 47.5 Å². The number of amides is 2. The van der Waals surface area contributed by atoms with Crippen molar-refractivity contribution < 1.29 is 9.59 Å². The number of unbranched alkanes of at least 4 members (excludes halogenated alkanes) is 1. The molecule has 8 heteroatoms. The van der Waals surface area contributed by atoms with Crippen LogP contribution in [-0.4, -0.2) is 39.4 Å². The number of carbonyl (C=O) groups is 2. The van der Waals surface area contributed by atoms with Crippen LogP contribution in [0, 0.1) is 0 Å². The van der Waals surface area contributed by atoms with E-state index in [1.807, 2.05) is 6.92 Å². The van der Waals surface area contributed by atoms with Gasteiger partial charge in [0.1, 0.15) is 11.9 Å². The summed E-state index contributed by atoms with van der Waals surface area (Å²) in [4.78, 5) is 30.0. The van der Waals surface area contributed by atoms with Crippen LogP contribution in [0.3, 0.4) is 0 Å². The number of pyridine rings is 1. The van der Waals surface area contributed by atoms with E-state index in [1.54, 1.807) is 28.8 Å². The Morgan fingerprint density at radius 1 is 1.50 bits per heavy atom. The van der Waals surface area contributed by atoms with Gasteiger partial charge in [-0.2, -0.15) is 0 Å². The Hall–Kier alpha value is -1.47. The monoisotopic (exact) mass is 344 g/mol. The molecule has 0 saturated carbocycles. The van der Waals surface area contributed by atoms with E-state index < -0.39 is 6.04 Å². The minimum atomic E-state index is -0.406. The third-order valence-electron chi connectivity index (χ3n) is 3.30. The molecule has 0 aromatic carbocycles. The van der Waals surface area contributed by atoms with Crippen LogP contribution in [0.25, 0.3) is 0 Å². The van der Waals surface area contributed by atoms with E-state index in [0.717, 1.165) is 12.8 Å². The van der Waals surface area contributed by atoms with Crippen LogP contribution < -0.4 is 11.1 Å². The Kier molecular flexibility index (Phi) is 7.47. The zero-order valence-electron chi connectivity index (χ0n) is 12.4. The van der Waals surface area contributed by atoms with Gasteiger partial charge in [-0.25, -0.2) is 4.98 Å². The van der Waals surface area contributed by atoms with E-state index in [-0.39, 0.29) is 24.2 Å². The van der Waals surface area contributed by atoms with E-state index >= 15 is 0 Å². The van der Waals surface area contributed by atoms with Crippen LogP contribution in [0.15, 0.2) is 18.3 Å². The molecule has 0 bridgehead atoms. The van der Waals surface area contributed by atoms with Gasteiger partial charge in [0.05, 0.1) is 17.8 Å². The Morgan fingerprint density at radius 2 is 2.27 bits per heavy atom. The van der Waals surface area contributed by atoms with Gasteiger partial charge in [0.15, 0.2) is 0 Å². The summed E-state index contributed by atoms with van der Waals surface area (Å²) in [6.45, 7) is 2.05. The van der Waals surface area contributed by atoms with Crippen LogP contribution in [0.5, 0.6) is 0 Å². The number of nitrogens with two attached hydrogens (primary N) is 1. The van der Waals surface area contributed by atoms with Crippen molar-refractivity contribution in [2.75, 3.05) is 22.7 Å². The second-order valence-corrected chi connectivity index (χ2v) is 5.94. The van der Waals surface area contributed by atoms with Gasteiger partial charge >= 0.3 is 0 Å². The second-order valence-electron chi connectivity index (χ2n) is 4.94. The maximum atomic E-state index is 12.3. The topological polar surface area (TPSA) is 88.3 Å². The molecule has 1 aliphatic rings. The van der Waals surface area contributed by atoms with Gasteiger partial charge in [-0.1, -0.05) is 13.3 Å². The fraction of sp³-hybridized carbons (Fsp3) is 0.500. The van der Waals surface area contributed by atoms with Gasteiger partial charge < -0.3 is 16.0 Å². The van der Waals surface area contributed by atoms with Gasteiger partial charge in [-0.15, -0.1) is 24.2 Å². The van der Waals surface area contributed by atoms with Crippen molar-refractivity contribution in [3.63, 3.8) is 0 Å². The van der Waals surface area contributed by atoms with Gasteiger partial charge in [0.2, 0.25) is 11.8 Å². The maximum Gasteiger partial charge on any atom is 0.248 e. The highest BCUT2D eigenvalue weighted by Crippen LogP contribution is 2.23. The third kappa shape index (κ3) is 4.78. The summed E-state index contributed by atoms with van der Waals surface area (Å²) in [7, 11) is 0. The van der Waals surface area contributed by atoms with E-state index in [9.17, 15) is 9.59 Å². The van der Waals surface area contributed by atoms with Crippen LogP contribution in [0.4, 0.5) is 11.5 Å². The first kappa shape index (κ1) is 18.6. The number of nitrogen functional groups attached to an aromatic ring is 1. The molecule has 0 radical (unpaired) electrons. The van der Waals surface area contributed by atoms with Crippen LogP contribution in [0.1, 0.15) is 26.2 Å². The molecule has 2 heterocycles. The number of nitrogens with one attached hydrogen (secondary N) is 1. The molecule has 1 saturated heterocycles. The van der Waals surface area contributed by atoms with Crippen molar-refractivity contribution in [2.45, 2.75) is 32.2 Å². The molecule has 1 aromatic heterocycles. The summed E-state index contributed by atoms with van der Waals surface area (Å²) in [5.74, 6) is 1.50. The van der Waals surface area contributed by atoms with E-state index in [2.05, 4.69) is 10.3 Å². The van der Waals surface area contributed by atoms with Crippen molar-refractivity contribution in [3.8, 4) is 0 Å². The molecule has 6 nitrogen and oxygen atoms in total. The standard InChI is InChI=1S/C14H20N4O2S.ClH/c1-2-3-4-13(19)18-9-21-8-11(18)14(20)17-10-5-6-12(15)16-7-10;/h5-7,11H,2-4,8-9H2,1H3,(H2,15,16)(H,17,20);1H. The zero-order valence-corrected chi connectivity index (χ0v) is 14.1. The third-order valence-corrected chi connectivity index (χ3v) is 4.32. The lowest BCUT2D eigenvalue weighted by molar-refractivity contribution is -0.136. The Balaban J connectivity index is 0.00000242. The van der Waals surface area contributed by atoms with E-state index in [4.69, 9.17) is 5.73 Å². The first-order valence-electron chi connectivity index (χ1n) is 7.01. The van der Waals surface area contributed by atoms with Gasteiger partial charge in [0.25, 0.3) is 0 Å². The van der Waals surface area contributed by atoms with Crippen molar-refractivity contribution in [2.24, 2.45) is 0 Å². The van der Waals surface area contributed by atoms with Crippen molar-refractivity contribution in [3.05, 3.63) is 18.3 Å². The summed E-state index contributed by atoms with van der Waals surface area (Å²) in [5.41, 5.74) is 6.10. The smallest absolute Gasteiger partial charge is 0.248 e. The molecule has 1 atom stereocenters. The molecular formula is C14H21ClN4O2S. The van der Waals surface area contributed by atoms with Gasteiger partial charge in [-0.3, -0.25) is 9.59 Å². The SMILES string of the molecule is CCCCC(=O)N1CSCC1C(=O)Nc1ccc(N)nc1.Cl. The van der Waals surface area contributed by atoms with Crippen LogP contribution in [-0.2, 0) is 9.59 Å². The molecule has 2 amide bonds. The summed E-state index contributed by atoms with van der Waals surface area (Å²) in [6.07, 6.45) is 3.85. The number of hydrogen-bond acceptors (Lipinski definition) is 5. The number of aromatic nitrogens is 1. The maximum absolute atomic E-state index is 12.3. The van der Waals surface area contributed by atoms with Crippen molar-refractivity contribution in [1.82, 2.24) is 9.88 Å². The lowest BCUT2D eigenvalue weighted by atomic mass is 10.2. The molecule has 1 aromatic rings. The Labute approximate surface area is 140 Å². The highest BCUT2D eigenvalue weighted by atomic mass is 35.5. The van der Waals surface area contributed by atoms with Gasteiger partial charge in [-0.05, 0) is 18.6 Å². The number of thioether (sulfide) groups is 1. The first-order chi connectivity index (χ1) is 10.1. The highest BCUT2D eigenvalue weighted by molar-refractivity contribution is 7.99. The molecule has 22 heavy (non-hydrogen) atoms. The summed E-state index contributed by atoms with van der Waals surface area (Å²) in [5, 5.41) is 2.79. The summed E-state index contributed by atoms with van der Waals surface area (Å²) < 4.78 is 0. The molecule has 1 aliphatic heterocycles. The largest absolute Gasteiger partial charge is 0.384 e. The van der Waals surface area contributed by atoms with Gasteiger partial charge in [0, 0.05) is 12.2 Å². The normalized spacial score (nSPS) is 17.0. The molecular weight excluding hydrogens is 324 g/mol. The van der Waals surface area contributed by atoms with E-state index in [0.29, 0.717) is 29.6 Å². The highest BCUT2D eigenvalue weighted by Gasteiger charge is 2.34. The van der Waals surface area contributed by atoms with E-state index in [1.165, 1.54) is 6.20 Å². The van der Waals surface area contributed by atoms with Crippen LogP contribution >= 0.6 is 24.2 Å². The lowest BCUT2D eigenvalue weighted by Gasteiger charge is -2.23. The molecule has 1 fully saturated rings. The number of hydrogen-bond donors (Lipinski definition) is 2. The molecule has 2 rings (SSSR count). The molecule has 0 aliphatic carbocycles. The van der Waals surface area contributed by atoms with Crippen molar-refractivity contribution in [1.29, 1.82) is 0 Å². The number of carbonyl (C=O) groups excluding carboxylic acids is 2. The Morgan fingerprint density at radius 3 is 2.91 bits per heavy atom. The average Bonchev–Trinajstić information content (AvgIpc) is 2.96. The minimum Gasteiger partial charge on any atom is -0.384 e. The number of rotatable bonds is 5. The number of nitrogens with zero attached hydrogens (tertiary/aromatic N) is 2. The molecule has 3 N–H and O–H groups in total. The van der Waals surface area contributed by atoms with Crippen LogP contribution in [0.2, 0.25) is 0 Å². The Bertz CT molecular complexity index is 512. The quantitative estimate of drug-likeness (QED) is 0.854. The number of halogens is 1. The first-order valence-corrected chi connectivity index (χ1v) is 8.17. The predicted molar refractivity (Wildman–Crippen MR) is 92.0 cm³/mol. The molecule has 122 valence electrons. The average molecular weight is 345 g/mol. The molecule has 0 spiro atoms. The zero-order chi connectivity index (χ0) is 15.2. The summed E-state index contributed by atoms with van der Waals surface area (Å²) >= 11 is 1.60. The fourth-order valence-electron chi connectivity index (χ4n) is 2.08. The fourth-order valence-corrected chi connectivity index (χ4v) is 3.26.